The predicted octanol–water partition coefficient (Wildman–Crippen LogP) is 4.16. The highest BCUT2D eigenvalue weighted by Crippen LogP contribution is 2.36. The van der Waals surface area contributed by atoms with Crippen LogP contribution in [0.3, 0.4) is 0 Å². The molecule has 1 aromatic heterocycles. The van der Waals surface area contributed by atoms with Crippen molar-refractivity contribution in [1.29, 1.82) is 0 Å². The van der Waals surface area contributed by atoms with Crippen LogP contribution in [0.15, 0.2) is 18.2 Å². The molecule has 0 aliphatic rings. The Labute approximate surface area is 127 Å². The molecule has 0 amide bonds. The highest BCUT2D eigenvalue weighted by Gasteiger charge is 2.18. The molecule has 3 nitrogen and oxygen atoms in total. The van der Waals surface area contributed by atoms with Gasteiger partial charge in [0.2, 0.25) is 0 Å². The van der Waals surface area contributed by atoms with Crippen molar-refractivity contribution >= 4 is 39.0 Å². The van der Waals surface area contributed by atoms with Gasteiger partial charge in [0.15, 0.2) is 0 Å². The smallest absolute Gasteiger partial charge is 0.317 e. The Morgan fingerprint density at radius 2 is 2.15 bits per heavy atom. The number of carboxylic acid groups (broad SMARTS) is 1. The van der Waals surface area contributed by atoms with Gasteiger partial charge in [-0.25, -0.2) is 0 Å². The Hall–Kier alpha value is -1.10. The van der Waals surface area contributed by atoms with Crippen molar-refractivity contribution in [3.8, 4) is 0 Å². The normalized spacial score (nSPS) is 11.7. The van der Waals surface area contributed by atoms with Crippen LogP contribution < -0.4 is 0 Å². The number of nitrogens with zero attached hydrogens (tertiary/aromatic N) is 1. The zero-order valence-electron chi connectivity index (χ0n) is 11.8. The Morgan fingerprint density at radius 1 is 1.45 bits per heavy atom. The molecular formula is C15H18ClNO2S. The monoisotopic (exact) mass is 311 g/mol. The minimum absolute atomic E-state index is 0.0546. The summed E-state index contributed by atoms with van der Waals surface area (Å²) in [7, 11) is 0. The van der Waals surface area contributed by atoms with Crippen LogP contribution in [0.5, 0.6) is 0 Å². The van der Waals surface area contributed by atoms with Crippen LogP contribution in [0.1, 0.15) is 24.3 Å². The highest BCUT2D eigenvalue weighted by atomic mass is 35.5. The maximum atomic E-state index is 11.0. The quantitative estimate of drug-likeness (QED) is 0.901. The molecule has 0 aliphatic carbocycles. The van der Waals surface area contributed by atoms with Crippen LogP contribution >= 0.6 is 22.9 Å². The zero-order chi connectivity index (χ0) is 14.9. The van der Waals surface area contributed by atoms with Crippen molar-refractivity contribution < 1.29 is 9.90 Å². The molecule has 1 aromatic carbocycles. The van der Waals surface area contributed by atoms with Gasteiger partial charge in [-0.15, -0.1) is 11.3 Å². The Bertz CT molecular complexity index is 636. The molecule has 1 N–H and O–H groups in total. The third-order valence-corrected chi connectivity index (χ3v) is 5.18. The van der Waals surface area contributed by atoms with E-state index in [1.54, 1.807) is 11.3 Å². The SMILES string of the molecule is Cc1c(CN(CC(=O)O)C(C)C)sc2c(Cl)cccc12. The molecule has 1 heterocycles. The van der Waals surface area contributed by atoms with Gasteiger partial charge < -0.3 is 5.11 Å². The summed E-state index contributed by atoms with van der Waals surface area (Å²) < 4.78 is 1.08. The summed E-state index contributed by atoms with van der Waals surface area (Å²) in [5, 5.41) is 10.9. The van der Waals surface area contributed by atoms with E-state index in [0.29, 0.717) is 6.54 Å². The first-order valence-electron chi connectivity index (χ1n) is 6.52. The molecular weight excluding hydrogens is 294 g/mol. The van der Waals surface area contributed by atoms with Crippen LogP contribution in [0.4, 0.5) is 0 Å². The Balaban J connectivity index is 2.35. The lowest BCUT2D eigenvalue weighted by atomic mass is 10.1. The first-order chi connectivity index (χ1) is 9.40. The second-order valence-electron chi connectivity index (χ2n) is 5.16. The van der Waals surface area contributed by atoms with Gasteiger partial charge in [-0.3, -0.25) is 9.69 Å². The first-order valence-corrected chi connectivity index (χ1v) is 7.72. The van der Waals surface area contributed by atoms with Gasteiger partial charge in [0.25, 0.3) is 0 Å². The molecule has 20 heavy (non-hydrogen) atoms. The number of benzene rings is 1. The molecule has 2 aromatic rings. The van der Waals surface area contributed by atoms with E-state index in [9.17, 15) is 4.79 Å². The minimum atomic E-state index is -0.796. The summed E-state index contributed by atoms with van der Waals surface area (Å²) in [5.41, 5.74) is 1.20. The number of rotatable bonds is 5. The average molecular weight is 312 g/mol. The van der Waals surface area contributed by atoms with Gasteiger partial charge >= 0.3 is 5.97 Å². The van der Waals surface area contributed by atoms with E-state index in [1.807, 2.05) is 30.9 Å². The number of thiophene rings is 1. The van der Waals surface area contributed by atoms with Crippen LogP contribution in [0.25, 0.3) is 10.1 Å². The average Bonchev–Trinajstić information content (AvgIpc) is 2.67. The third-order valence-electron chi connectivity index (χ3n) is 3.43. The predicted molar refractivity (Wildman–Crippen MR) is 84.8 cm³/mol. The van der Waals surface area contributed by atoms with E-state index >= 15 is 0 Å². The van der Waals surface area contributed by atoms with E-state index in [0.717, 1.165) is 15.1 Å². The summed E-state index contributed by atoms with van der Waals surface area (Å²) in [6, 6.07) is 6.09. The van der Waals surface area contributed by atoms with E-state index in [2.05, 4.69) is 13.0 Å². The first kappa shape index (κ1) is 15.3. The zero-order valence-corrected chi connectivity index (χ0v) is 13.4. The maximum absolute atomic E-state index is 11.0. The van der Waals surface area contributed by atoms with E-state index in [4.69, 9.17) is 16.7 Å². The Kier molecular flexibility index (Phi) is 4.68. The molecule has 0 fully saturated rings. The molecule has 108 valence electrons. The van der Waals surface area contributed by atoms with Crippen LogP contribution in [0, 0.1) is 6.92 Å². The van der Waals surface area contributed by atoms with Crippen molar-refractivity contribution in [2.45, 2.75) is 33.4 Å². The standard InChI is InChI=1S/C15H18ClNO2S/c1-9(2)17(8-14(18)19)7-13-10(3)11-5-4-6-12(16)15(11)20-13/h4-6,9H,7-8H2,1-3H3,(H,18,19). The number of fused-ring (bicyclic) bond motifs is 1. The summed E-state index contributed by atoms with van der Waals surface area (Å²) >= 11 is 7.89. The van der Waals surface area contributed by atoms with Crippen LogP contribution in [0.2, 0.25) is 5.02 Å². The second-order valence-corrected chi connectivity index (χ2v) is 6.67. The van der Waals surface area contributed by atoms with Crippen LogP contribution in [-0.2, 0) is 11.3 Å². The van der Waals surface area contributed by atoms with Crippen molar-refractivity contribution in [1.82, 2.24) is 4.90 Å². The van der Waals surface area contributed by atoms with Crippen molar-refractivity contribution in [2.24, 2.45) is 0 Å². The Morgan fingerprint density at radius 3 is 2.70 bits per heavy atom. The van der Waals surface area contributed by atoms with Crippen molar-refractivity contribution in [3.63, 3.8) is 0 Å². The van der Waals surface area contributed by atoms with E-state index in [-0.39, 0.29) is 12.6 Å². The number of aliphatic carboxylic acids is 1. The molecule has 0 atom stereocenters. The van der Waals surface area contributed by atoms with Crippen molar-refractivity contribution in [3.05, 3.63) is 33.7 Å². The van der Waals surface area contributed by atoms with Gasteiger partial charge in [-0.05, 0) is 37.8 Å². The molecule has 0 unspecified atom stereocenters. The summed E-state index contributed by atoms with van der Waals surface area (Å²) in [5.74, 6) is -0.796. The minimum Gasteiger partial charge on any atom is -0.480 e. The second kappa shape index (κ2) is 6.12. The number of carbonyl (C=O) groups is 1. The molecule has 0 aliphatic heterocycles. The van der Waals surface area contributed by atoms with Gasteiger partial charge in [0.1, 0.15) is 0 Å². The van der Waals surface area contributed by atoms with Gasteiger partial charge in [-0.1, -0.05) is 23.7 Å². The summed E-state index contributed by atoms with van der Waals surface area (Å²) in [6.07, 6.45) is 0. The molecule has 5 heteroatoms. The number of hydrogen-bond acceptors (Lipinski definition) is 3. The molecule has 0 bridgehead atoms. The van der Waals surface area contributed by atoms with Gasteiger partial charge in [0.05, 0.1) is 16.3 Å². The molecule has 0 saturated carbocycles. The highest BCUT2D eigenvalue weighted by molar-refractivity contribution is 7.20. The van der Waals surface area contributed by atoms with Crippen molar-refractivity contribution in [2.75, 3.05) is 6.54 Å². The lowest BCUT2D eigenvalue weighted by Crippen LogP contribution is -2.34. The summed E-state index contributed by atoms with van der Waals surface area (Å²) in [6.45, 7) is 6.80. The van der Waals surface area contributed by atoms with Gasteiger partial charge in [0, 0.05) is 17.5 Å². The fraction of sp³-hybridized carbons (Fsp3) is 0.400. The van der Waals surface area contributed by atoms with Crippen LogP contribution in [-0.4, -0.2) is 28.6 Å². The summed E-state index contributed by atoms with van der Waals surface area (Å²) in [4.78, 5) is 14.1. The molecule has 2 rings (SSSR count). The van der Waals surface area contributed by atoms with Gasteiger partial charge in [-0.2, -0.15) is 0 Å². The number of aryl methyl sites for hydroxylation is 1. The largest absolute Gasteiger partial charge is 0.480 e. The fourth-order valence-corrected chi connectivity index (χ4v) is 3.71. The topological polar surface area (TPSA) is 40.5 Å². The number of halogens is 1. The lowest BCUT2D eigenvalue weighted by molar-refractivity contribution is -0.138. The third kappa shape index (κ3) is 3.14. The molecule has 0 saturated heterocycles. The molecule has 0 radical (unpaired) electrons. The lowest BCUT2D eigenvalue weighted by Gasteiger charge is -2.24. The number of hydrogen-bond donors (Lipinski definition) is 1. The fourth-order valence-electron chi connectivity index (χ4n) is 2.19. The molecule has 0 spiro atoms. The number of carboxylic acids is 1. The maximum Gasteiger partial charge on any atom is 0.317 e. The van der Waals surface area contributed by atoms with E-state index < -0.39 is 5.97 Å². The van der Waals surface area contributed by atoms with E-state index in [1.165, 1.54) is 10.4 Å².